The first kappa shape index (κ1) is 13.9. The zero-order valence-electron chi connectivity index (χ0n) is 12.1. The van der Waals surface area contributed by atoms with Crippen molar-refractivity contribution in [1.82, 2.24) is 4.98 Å². The van der Waals surface area contributed by atoms with Crippen LogP contribution in [0.25, 0.3) is 0 Å². The molecule has 3 N–H and O–H groups in total. The molecule has 1 aliphatic heterocycles. The Hall–Kier alpha value is -2.08. The number of hydrogen-bond acceptors (Lipinski definition) is 5. The van der Waals surface area contributed by atoms with Gasteiger partial charge in [0.2, 0.25) is 5.91 Å². The highest BCUT2D eigenvalue weighted by Gasteiger charge is 2.18. The van der Waals surface area contributed by atoms with Gasteiger partial charge < -0.3 is 16.0 Å². The van der Waals surface area contributed by atoms with Gasteiger partial charge in [0.15, 0.2) is 0 Å². The fraction of sp³-hybridized carbons (Fsp3) is 0.333. The van der Waals surface area contributed by atoms with E-state index >= 15 is 0 Å². The van der Waals surface area contributed by atoms with Crippen LogP contribution in [0.2, 0.25) is 0 Å². The average Bonchev–Trinajstić information content (AvgIpc) is 2.83. The molecule has 0 saturated carbocycles. The van der Waals surface area contributed by atoms with Crippen LogP contribution in [0.15, 0.2) is 17.5 Å². The molecule has 0 bridgehead atoms. The number of carbonyl (C=O) groups excluding carboxylic acids is 1. The topological polar surface area (TPSA) is 71.2 Å². The molecule has 6 heteroatoms. The lowest BCUT2D eigenvalue weighted by Crippen LogP contribution is -2.22. The minimum Gasteiger partial charge on any atom is -0.397 e. The van der Waals surface area contributed by atoms with Crippen molar-refractivity contribution in [1.29, 1.82) is 0 Å². The minimum atomic E-state index is 0.0564. The Kier molecular flexibility index (Phi) is 3.55. The van der Waals surface area contributed by atoms with Gasteiger partial charge in [0.25, 0.3) is 0 Å². The summed E-state index contributed by atoms with van der Waals surface area (Å²) in [6, 6.07) is 3.92. The van der Waals surface area contributed by atoms with Crippen LogP contribution in [0.4, 0.5) is 17.1 Å². The number of fused-ring (bicyclic) bond motifs is 1. The molecule has 0 spiro atoms. The summed E-state index contributed by atoms with van der Waals surface area (Å²) >= 11 is 1.65. The van der Waals surface area contributed by atoms with Gasteiger partial charge in [-0.2, -0.15) is 0 Å². The zero-order valence-corrected chi connectivity index (χ0v) is 13.0. The summed E-state index contributed by atoms with van der Waals surface area (Å²) in [5.41, 5.74) is 10.8. The largest absolute Gasteiger partial charge is 0.397 e. The average molecular weight is 302 g/mol. The van der Waals surface area contributed by atoms with Gasteiger partial charge in [-0.1, -0.05) is 0 Å². The molecule has 1 aromatic carbocycles. The SMILES string of the molecule is Cc1nc(CN(C)c2cc3c(cc2N)NC(=O)CC3)cs1. The Labute approximate surface area is 127 Å². The number of nitrogen functional groups attached to an aromatic ring is 1. The maximum Gasteiger partial charge on any atom is 0.224 e. The van der Waals surface area contributed by atoms with Gasteiger partial charge >= 0.3 is 0 Å². The number of carbonyl (C=O) groups is 1. The molecule has 0 saturated heterocycles. The van der Waals surface area contributed by atoms with E-state index in [4.69, 9.17) is 5.73 Å². The van der Waals surface area contributed by atoms with Gasteiger partial charge in [0.1, 0.15) is 0 Å². The molecule has 2 aromatic rings. The fourth-order valence-electron chi connectivity index (χ4n) is 2.57. The third-order valence-electron chi connectivity index (χ3n) is 3.62. The smallest absolute Gasteiger partial charge is 0.224 e. The highest BCUT2D eigenvalue weighted by molar-refractivity contribution is 7.09. The van der Waals surface area contributed by atoms with Crippen LogP contribution in [-0.4, -0.2) is 17.9 Å². The molecular formula is C15H18N4OS. The lowest BCUT2D eigenvalue weighted by atomic mass is 10.0. The van der Waals surface area contributed by atoms with E-state index in [1.54, 1.807) is 11.3 Å². The summed E-state index contributed by atoms with van der Waals surface area (Å²) < 4.78 is 0. The molecular weight excluding hydrogens is 284 g/mol. The molecule has 0 atom stereocenters. The number of rotatable bonds is 3. The minimum absolute atomic E-state index is 0.0564. The van der Waals surface area contributed by atoms with E-state index in [0.29, 0.717) is 12.1 Å². The summed E-state index contributed by atoms with van der Waals surface area (Å²) in [6.07, 6.45) is 1.30. The first-order chi connectivity index (χ1) is 10.0. The predicted molar refractivity (Wildman–Crippen MR) is 86.8 cm³/mol. The highest BCUT2D eigenvalue weighted by atomic mass is 32.1. The Morgan fingerprint density at radius 1 is 1.43 bits per heavy atom. The quantitative estimate of drug-likeness (QED) is 0.855. The van der Waals surface area contributed by atoms with E-state index in [9.17, 15) is 4.79 Å². The monoisotopic (exact) mass is 302 g/mol. The molecule has 1 amide bonds. The standard InChI is InChI=1S/C15H18N4OS/c1-9-17-11(8-21-9)7-19(2)14-5-10-3-4-15(20)18-13(10)6-12(14)16/h5-6,8H,3-4,7,16H2,1-2H3,(H,18,20). The second-order valence-corrected chi connectivity index (χ2v) is 6.39. The molecule has 2 heterocycles. The number of nitrogens with two attached hydrogens (primary N) is 1. The van der Waals surface area contributed by atoms with E-state index in [0.717, 1.165) is 40.6 Å². The first-order valence-corrected chi connectivity index (χ1v) is 7.75. The zero-order chi connectivity index (χ0) is 15.0. The molecule has 110 valence electrons. The van der Waals surface area contributed by atoms with Gasteiger partial charge in [-0.3, -0.25) is 4.79 Å². The molecule has 1 aromatic heterocycles. The van der Waals surface area contributed by atoms with E-state index in [2.05, 4.69) is 26.6 Å². The molecule has 1 aliphatic rings. The van der Waals surface area contributed by atoms with Crippen molar-refractivity contribution in [2.75, 3.05) is 23.0 Å². The van der Waals surface area contributed by atoms with Crippen molar-refractivity contribution >= 4 is 34.3 Å². The maximum atomic E-state index is 11.4. The molecule has 21 heavy (non-hydrogen) atoms. The number of thiazole rings is 1. The third kappa shape index (κ3) is 2.85. The summed E-state index contributed by atoms with van der Waals surface area (Å²) in [5, 5.41) is 6.01. The number of nitrogens with zero attached hydrogens (tertiary/aromatic N) is 2. The Balaban J connectivity index is 1.86. The molecule has 0 unspecified atom stereocenters. The predicted octanol–water partition coefficient (Wildman–Crippen LogP) is 2.55. The normalized spacial score (nSPS) is 13.7. The number of nitrogens with one attached hydrogen (secondary N) is 1. The van der Waals surface area contributed by atoms with Crippen molar-refractivity contribution in [3.8, 4) is 0 Å². The van der Waals surface area contributed by atoms with E-state index in [1.165, 1.54) is 0 Å². The second-order valence-electron chi connectivity index (χ2n) is 5.33. The van der Waals surface area contributed by atoms with E-state index < -0.39 is 0 Å². The lowest BCUT2D eigenvalue weighted by molar-refractivity contribution is -0.116. The second kappa shape index (κ2) is 5.37. The van der Waals surface area contributed by atoms with Crippen LogP contribution in [0.1, 0.15) is 22.7 Å². The van der Waals surface area contributed by atoms with E-state index in [1.807, 2.05) is 20.0 Å². The van der Waals surface area contributed by atoms with Crippen molar-refractivity contribution in [2.45, 2.75) is 26.3 Å². The summed E-state index contributed by atoms with van der Waals surface area (Å²) in [4.78, 5) is 18.0. The van der Waals surface area contributed by atoms with Gasteiger partial charge in [-0.05, 0) is 31.0 Å². The Morgan fingerprint density at radius 2 is 2.24 bits per heavy atom. The Morgan fingerprint density at radius 3 is 2.95 bits per heavy atom. The van der Waals surface area contributed by atoms with Crippen molar-refractivity contribution in [3.63, 3.8) is 0 Å². The van der Waals surface area contributed by atoms with Crippen LogP contribution < -0.4 is 16.0 Å². The highest BCUT2D eigenvalue weighted by Crippen LogP contribution is 2.33. The summed E-state index contributed by atoms with van der Waals surface area (Å²) in [5.74, 6) is 0.0564. The molecule has 0 aliphatic carbocycles. The number of hydrogen-bond donors (Lipinski definition) is 2. The van der Waals surface area contributed by atoms with Crippen molar-refractivity contribution in [3.05, 3.63) is 33.8 Å². The molecule has 5 nitrogen and oxygen atoms in total. The number of amides is 1. The van der Waals surface area contributed by atoms with Crippen LogP contribution in [0.3, 0.4) is 0 Å². The third-order valence-corrected chi connectivity index (χ3v) is 4.45. The number of anilines is 3. The summed E-state index contributed by atoms with van der Waals surface area (Å²) in [6.45, 7) is 2.73. The fourth-order valence-corrected chi connectivity index (χ4v) is 3.18. The van der Waals surface area contributed by atoms with Crippen LogP contribution in [0, 0.1) is 6.92 Å². The molecule has 3 rings (SSSR count). The van der Waals surface area contributed by atoms with Crippen LogP contribution in [-0.2, 0) is 17.8 Å². The van der Waals surface area contributed by atoms with Crippen LogP contribution in [0.5, 0.6) is 0 Å². The number of aromatic nitrogens is 1. The van der Waals surface area contributed by atoms with E-state index in [-0.39, 0.29) is 5.91 Å². The van der Waals surface area contributed by atoms with Crippen molar-refractivity contribution < 1.29 is 4.79 Å². The summed E-state index contributed by atoms with van der Waals surface area (Å²) in [7, 11) is 2.01. The van der Waals surface area contributed by atoms with Gasteiger partial charge in [0, 0.05) is 24.5 Å². The first-order valence-electron chi connectivity index (χ1n) is 6.87. The molecule has 0 fully saturated rings. The molecule has 0 radical (unpaired) electrons. The number of aryl methyl sites for hydroxylation is 2. The maximum absolute atomic E-state index is 11.4. The Bertz CT molecular complexity index is 695. The van der Waals surface area contributed by atoms with Gasteiger partial charge in [-0.25, -0.2) is 4.98 Å². The van der Waals surface area contributed by atoms with Gasteiger partial charge in [-0.15, -0.1) is 11.3 Å². The van der Waals surface area contributed by atoms with Gasteiger partial charge in [0.05, 0.1) is 28.6 Å². The van der Waals surface area contributed by atoms with Crippen LogP contribution >= 0.6 is 11.3 Å². The van der Waals surface area contributed by atoms with Crippen molar-refractivity contribution in [2.24, 2.45) is 0 Å². The lowest BCUT2D eigenvalue weighted by Gasteiger charge is -2.24. The number of benzene rings is 1.